The standard InChI is InChI=1S/C15H17N3O2S/c1-2-9-18-14(20)16-17-15(18)21-11-13-7-5-12(6-8-13)4-3-10-19/h5-8,19H,2,9-11H2,1H3,(H,16,20). The summed E-state index contributed by atoms with van der Waals surface area (Å²) < 4.78 is 1.66. The molecule has 0 aliphatic carbocycles. The minimum absolute atomic E-state index is 0.133. The van der Waals surface area contributed by atoms with Crippen molar-refractivity contribution >= 4 is 11.8 Å². The first-order chi connectivity index (χ1) is 10.2. The van der Waals surface area contributed by atoms with Crippen LogP contribution in [0.25, 0.3) is 0 Å². The van der Waals surface area contributed by atoms with Crippen LogP contribution in [0.5, 0.6) is 0 Å². The number of nitrogens with one attached hydrogen (secondary N) is 1. The first-order valence-electron chi connectivity index (χ1n) is 6.71. The Hall–Kier alpha value is -1.97. The van der Waals surface area contributed by atoms with Crippen LogP contribution >= 0.6 is 11.8 Å². The number of rotatable bonds is 5. The van der Waals surface area contributed by atoms with Crippen LogP contribution in [-0.4, -0.2) is 26.5 Å². The molecule has 2 aromatic rings. The molecule has 5 nitrogen and oxygen atoms in total. The highest BCUT2D eigenvalue weighted by atomic mass is 32.2. The van der Waals surface area contributed by atoms with E-state index in [0.717, 1.165) is 23.3 Å². The van der Waals surface area contributed by atoms with E-state index in [0.29, 0.717) is 11.7 Å². The number of thioether (sulfide) groups is 1. The number of aromatic nitrogens is 3. The zero-order valence-corrected chi connectivity index (χ0v) is 12.6. The average molecular weight is 303 g/mol. The first-order valence-corrected chi connectivity index (χ1v) is 7.69. The molecule has 2 N–H and O–H groups in total. The average Bonchev–Trinajstić information content (AvgIpc) is 2.85. The van der Waals surface area contributed by atoms with Crippen LogP contribution in [0.3, 0.4) is 0 Å². The molecule has 2 rings (SSSR count). The van der Waals surface area contributed by atoms with E-state index in [1.165, 1.54) is 11.8 Å². The molecule has 0 bridgehead atoms. The number of H-pyrrole nitrogens is 1. The second kappa shape index (κ2) is 7.72. The number of benzene rings is 1. The summed E-state index contributed by atoms with van der Waals surface area (Å²) in [7, 11) is 0. The van der Waals surface area contributed by atoms with Crippen LogP contribution in [-0.2, 0) is 12.3 Å². The lowest BCUT2D eigenvalue weighted by molar-refractivity contribution is 0.350. The van der Waals surface area contributed by atoms with E-state index in [2.05, 4.69) is 22.0 Å². The molecule has 1 aromatic carbocycles. The van der Waals surface area contributed by atoms with Crippen LogP contribution in [0.4, 0.5) is 0 Å². The van der Waals surface area contributed by atoms with E-state index < -0.39 is 0 Å². The van der Waals surface area contributed by atoms with Gasteiger partial charge in [0.15, 0.2) is 5.16 Å². The lowest BCUT2D eigenvalue weighted by Gasteiger charge is -2.04. The quantitative estimate of drug-likeness (QED) is 0.650. The Morgan fingerprint density at radius 2 is 2.14 bits per heavy atom. The van der Waals surface area contributed by atoms with Gasteiger partial charge in [-0.3, -0.25) is 4.57 Å². The number of aliphatic hydroxyl groups excluding tert-OH is 1. The number of aliphatic hydroxyl groups is 1. The monoisotopic (exact) mass is 303 g/mol. The number of aromatic amines is 1. The number of hydrogen-bond donors (Lipinski definition) is 2. The zero-order chi connectivity index (χ0) is 15.1. The second-order valence-electron chi connectivity index (χ2n) is 4.41. The molecule has 0 saturated heterocycles. The van der Waals surface area contributed by atoms with Crippen molar-refractivity contribution < 1.29 is 5.11 Å². The molecule has 6 heteroatoms. The maximum absolute atomic E-state index is 11.6. The Morgan fingerprint density at radius 3 is 2.81 bits per heavy atom. The maximum atomic E-state index is 11.6. The molecular weight excluding hydrogens is 286 g/mol. The molecule has 0 aliphatic heterocycles. The maximum Gasteiger partial charge on any atom is 0.343 e. The minimum Gasteiger partial charge on any atom is -0.384 e. The largest absolute Gasteiger partial charge is 0.384 e. The van der Waals surface area contributed by atoms with E-state index in [1.54, 1.807) is 4.57 Å². The molecule has 110 valence electrons. The molecule has 0 aliphatic rings. The summed E-state index contributed by atoms with van der Waals surface area (Å²) in [5.74, 6) is 6.21. The van der Waals surface area contributed by atoms with E-state index in [1.807, 2.05) is 31.2 Å². The van der Waals surface area contributed by atoms with Gasteiger partial charge in [0.2, 0.25) is 0 Å². The normalized spacial score (nSPS) is 10.2. The molecule has 0 spiro atoms. The van der Waals surface area contributed by atoms with Crippen molar-refractivity contribution in [2.24, 2.45) is 0 Å². The van der Waals surface area contributed by atoms with Gasteiger partial charge in [0, 0.05) is 17.9 Å². The molecule has 0 saturated carbocycles. The fourth-order valence-corrected chi connectivity index (χ4v) is 2.74. The zero-order valence-electron chi connectivity index (χ0n) is 11.8. The highest BCUT2D eigenvalue weighted by molar-refractivity contribution is 7.98. The second-order valence-corrected chi connectivity index (χ2v) is 5.35. The van der Waals surface area contributed by atoms with Crippen molar-refractivity contribution in [3.05, 3.63) is 45.9 Å². The Balaban J connectivity index is 2.01. The van der Waals surface area contributed by atoms with Gasteiger partial charge in [-0.25, -0.2) is 9.89 Å². The van der Waals surface area contributed by atoms with Crippen molar-refractivity contribution in [1.82, 2.24) is 14.8 Å². The molecule has 1 heterocycles. The van der Waals surface area contributed by atoms with Gasteiger partial charge >= 0.3 is 5.69 Å². The van der Waals surface area contributed by atoms with E-state index >= 15 is 0 Å². The molecule has 21 heavy (non-hydrogen) atoms. The van der Waals surface area contributed by atoms with Gasteiger partial charge in [-0.15, -0.1) is 5.10 Å². The van der Waals surface area contributed by atoms with Gasteiger partial charge in [0.25, 0.3) is 0 Å². The number of hydrogen-bond acceptors (Lipinski definition) is 4. The minimum atomic E-state index is -0.158. The summed E-state index contributed by atoms with van der Waals surface area (Å²) in [6, 6.07) is 7.82. The fraction of sp³-hybridized carbons (Fsp3) is 0.333. The van der Waals surface area contributed by atoms with Crippen molar-refractivity contribution in [3.63, 3.8) is 0 Å². The van der Waals surface area contributed by atoms with Crippen LogP contribution in [0.1, 0.15) is 24.5 Å². The van der Waals surface area contributed by atoms with Gasteiger partial charge in [0.1, 0.15) is 6.61 Å². The third-order valence-electron chi connectivity index (χ3n) is 2.80. The summed E-state index contributed by atoms with van der Waals surface area (Å²) in [5.41, 5.74) is 1.85. The van der Waals surface area contributed by atoms with Crippen LogP contribution in [0.2, 0.25) is 0 Å². The summed E-state index contributed by atoms with van der Waals surface area (Å²) in [4.78, 5) is 11.6. The first kappa shape index (κ1) is 15.4. The highest BCUT2D eigenvalue weighted by Gasteiger charge is 2.08. The van der Waals surface area contributed by atoms with Gasteiger partial charge in [-0.2, -0.15) is 0 Å². The van der Waals surface area contributed by atoms with E-state index in [4.69, 9.17) is 5.11 Å². The van der Waals surface area contributed by atoms with Crippen molar-refractivity contribution in [2.45, 2.75) is 30.8 Å². The van der Waals surface area contributed by atoms with Gasteiger partial charge in [0.05, 0.1) is 0 Å². The summed E-state index contributed by atoms with van der Waals surface area (Å²) in [5, 5.41) is 15.9. The third kappa shape index (κ3) is 4.25. The summed E-state index contributed by atoms with van der Waals surface area (Å²) in [6.07, 6.45) is 0.894. The Labute approximate surface area is 127 Å². The molecule has 0 unspecified atom stereocenters. The molecular formula is C15H17N3O2S. The molecule has 1 aromatic heterocycles. The lowest BCUT2D eigenvalue weighted by Crippen LogP contribution is -2.17. The lowest BCUT2D eigenvalue weighted by atomic mass is 10.1. The van der Waals surface area contributed by atoms with Crippen LogP contribution in [0.15, 0.2) is 34.2 Å². The fourth-order valence-electron chi connectivity index (χ4n) is 1.81. The SMILES string of the molecule is CCCn1c(SCc2ccc(C#CCO)cc2)n[nH]c1=O. The summed E-state index contributed by atoms with van der Waals surface area (Å²) in [6.45, 7) is 2.57. The Morgan fingerprint density at radius 1 is 1.38 bits per heavy atom. The van der Waals surface area contributed by atoms with Crippen LogP contribution in [0, 0.1) is 11.8 Å². The third-order valence-corrected chi connectivity index (χ3v) is 3.85. The number of nitrogens with zero attached hydrogens (tertiary/aromatic N) is 2. The van der Waals surface area contributed by atoms with Crippen molar-refractivity contribution in [2.75, 3.05) is 6.61 Å². The molecule has 0 fully saturated rings. The van der Waals surface area contributed by atoms with E-state index in [9.17, 15) is 4.79 Å². The van der Waals surface area contributed by atoms with Crippen molar-refractivity contribution in [1.29, 1.82) is 0 Å². The topological polar surface area (TPSA) is 70.9 Å². The Bertz CT molecular complexity index is 692. The highest BCUT2D eigenvalue weighted by Crippen LogP contribution is 2.20. The predicted molar refractivity (Wildman–Crippen MR) is 83.1 cm³/mol. The van der Waals surface area contributed by atoms with E-state index in [-0.39, 0.29) is 12.3 Å². The van der Waals surface area contributed by atoms with Gasteiger partial charge < -0.3 is 5.11 Å². The van der Waals surface area contributed by atoms with Gasteiger partial charge in [-0.1, -0.05) is 42.7 Å². The molecule has 0 amide bonds. The molecule has 0 radical (unpaired) electrons. The van der Waals surface area contributed by atoms with Crippen molar-refractivity contribution in [3.8, 4) is 11.8 Å². The smallest absolute Gasteiger partial charge is 0.343 e. The van der Waals surface area contributed by atoms with Gasteiger partial charge in [-0.05, 0) is 24.1 Å². The predicted octanol–water partition coefficient (Wildman–Crippen LogP) is 1.62. The summed E-state index contributed by atoms with van der Waals surface area (Å²) >= 11 is 1.53. The molecule has 0 atom stereocenters. The van der Waals surface area contributed by atoms with Crippen LogP contribution < -0.4 is 5.69 Å². The Kier molecular flexibility index (Phi) is 5.67.